The average Bonchev–Trinajstić information content (AvgIpc) is 2.89. The van der Waals surface area contributed by atoms with Gasteiger partial charge in [0.15, 0.2) is 6.54 Å². The zero-order valence-corrected chi connectivity index (χ0v) is 21.6. The number of aromatic nitrogens is 1. The minimum Gasteiger partial charge on any atom is -0.457 e. The van der Waals surface area contributed by atoms with Gasteiger partial charge in [-0.3, -0.25) is 9.88 Å². The number of nitrogens with one attached hydrogen (secondary N) is 2. The van der Waals surface area contributed by atoms with Gasteiger partial charge in [0.1, 0.15) is 17.5 Å². The van der Waals surface area contributed by atoms with Crippen molar-refractivity contribution in [3.05, 3.63) is 84.2 Å². The number of ether oxygens (including phenoxy) is 1. The maximum absolute atomic E-state index is 15.6. The molecule has 3 heterocycles. The molecule has 0 aliphatic carbocycles. The zero-order chi connectivity index (χ0) is 27.2. The lowest BCUT2D eigenvalue weighted by molar-refractivity contribution is -0.842. The summed E-state index contributed by atoms with van der Waals surface area (Å²) in [7, 11) is 3.68. The van der Waals surface area contributed by atoms with Crippen LogP contribution >= 0.6 is 0 Å². The minimum atomic E-state index is -3.21. The molecule has 2 aliphatic heterocycles. The molecule has 1 aromatic heterocycles. The van der Waals surface area contributed by atoms with E-state index < -0.39 is 17.0 Å². The third kappa shape index (κ3) is 4.27. The van der Waals surface area contributed by atoms with E-state index >= 15 is 8.78 Å². The van der Waals surface area contributed by atoms with Crippen molar-refractivity contribution in [1.29, 1.82) is 5.41 Å². The number of hydrogen-bond donors (Lipinski definition) is 2. The molecule has 38 heavy (non-hydrogen) atoms. The first kappa shape index (κ1) is 25.7. The average molecular weight is 519 g/mol. The Bertz CT molecular complexity index is 1450. The second-order valence-electron chi connectivity index (χ2n) is 9.98. The van der Waals surface area contributed by atoms with Crippen LogP contribution in [0.15, 0.2) is 67.5 Å². The summed E-state index contributed by atoms with van der Waals surface area (Å²) in [5.74, 6) is -2.53. The Labute approximate surface area is 220 Å². The quantitative estimate of drug-likeness (QED) is 0.320. The Morgan fingerprint density at radius 1 is 1.21 bits per heavy atom. The van der Waals surface area contributed by atoms with Crippen LogP contribution in [0, 0.1) is 5.41 Å². The lowest BCUT2D eigenvalue weighted by Gasteiger charge is -2.50. The number of carbonyl (C=O) groups excluding carboxylic acids is 1. The second kappa shape index (κ2) is 9.41. The molecule has 9 heteroatoms. The van der Waals surface area contributed by atoms with Gasteiger partial charge in [0.2, 0.25) is 0 Å². The van der Waals surface area contributed by atoms with Gasteiger partial charge in [0.25, 0.3) is 0 Å². The van der Waals surface area contributed by atoms with Crippen molar-refractivity contribution >= 4 is 17.3 Å². The van der Waals surface area contributed by atoms with Crippen molar-refractivity contribution in [2.75, 3.05) is 39.0 Å². The molecule has 1 atom stereocenters. The third-order valence-corrected chi connectivity index (χ3v) is 7.43. The smallest absolute Gasteiger partial charge is 0.351 e. The van der Waals surface area contributed by atoms with E-state index in [1.807, 2.05) is 11.9 Å². The van der Waals surface area contributed by atoms with E-state index in [4.69, 9.17) is 10.1 Å². The maximum atomic E-state index is 15.6. The lowest BCUT2D eigenvalue weighted by atomic mass is 9.88. The van der Waals surface area contributed by atoms with Gasteiger partial charge in [0.05, 0.1) is 30.5 Å². The molecule has 7 nitrogen and oxygen atoms in total. The summed E-state index contributed by atoms with van der Waals surface area (Å²) in [6.07, 6.45) is 2.93. The monoisotopic (exact) mass is 518 g/mol. The molecular formula is C29H30F2N5O2+. The van der Waals surface area contributed by atoms with E-state index in [9.17, 15) is 4.79 Å². The number of nitrogens with zero attached hydrogens (tertiary/aromatic N) is 3. The van der Waals surface area contributed by atoms with Crippen LogP contribution in [0.2, 0.25) is 0 Å². The number of carbonyl (C=O) groups is 1. The summed E-state index contributed by atoms with van der Waals surface area (Å²) in [5.41, 5.74) is 2.61. The van der Waals surface area contributed by atoms with Crippen LogP contribution in [-0.4, -0.2) is 65.8 Å². The number of pyridine rings is 1. The third-order valence-electron chi connectivity index (χ3n) is 7.43. The molecule has 5 rings (SSSR count). The van der Waals surface area contributed by atoms with Crippen LogP contribution in [0.5, 0.6) is 11.5 Å². The van der Waals surface area contributed by atoms with E-state index in [0.29, 0.717) is 41.6 Å². The van der Waals surface area contributed by atoms with Crippen LogP contribution < -0.4 is 10.1 Å². The Balaban J connectivity index is 1.46. The highest BCUT2D eigenvalue weighted by atomic mass is 19.3. The van der Waals surface area contributed by atoms with Gasteiger partial charge in [0, 0.05) is 53.5 Å². The highest BCUT2D eigenvalue weighted by Gasteiger charge is 2.59. The molecule has 1 fully saturated rings. The summed E-state index contributed by atoms with van der Waals surface area (Å²) in [4.78, 5) is 19.9. The molecule has 196 valence electrons. The Kier molecular flexibility index (Phi) is 6.36. The Hall–Kier alpha value is -3.95. The standard InChI is InChI=1S/C29H30F2N5O2/c1-5-36(20-15-35(4)16-20)17-29(30,31)25-12-19(6-8-24(25)28(36)37)26-13-22(10-11-34-26)38-21-7-9-23(18(2)32)27(14-21)33-3/h5-14,20,32-33H,1,15-17H2,2-4H3/q+1. The van der Waals surface area contributed by atoms with E-state index in [1.165, 1.54) is 18.3 Å². The fraction of sp³-hybridized carbons (Fsp3) is 0.276. The van der Waals surface area contributed by atoms with Crippen molar-refractivity contribution in [3.8, 4) is 22.8 Å². The van der Waals surface area contributed by atoms with Crippen LogP contribution in [0.4, 0.5) is 14.5 Å². The highest BCUT2D eigenvalue weighted by Crippen LogP contribution is 2.44. The molecule has 1 unspecified atom stereocenters. The fourth-order valence-corrected chi connectivity index (χ4v) is 5.34. The van der Waals surface area contributed by atoms with Crippen molar-refractivity contribution in [2.45, 2.75) is 18.9 Å². The number of benzene rings is 2. The first-order chi connectivity index (χ1) is 18.1. The first-order valence-corrected chi connectivity index (χ1v) is 12.4. The maximum Gasteiger partial charge on any atom is 0.351 e. The van der Waals surface area contributed by atoms with E-state index in [1.54, 1.807) is 56.6 Å². The number of rotatable bonds is 7. The first-order valence-electron chi connectivity index (χ1n) is 12.4. The van der Waals surface area contributed by atoms with Crippen LogP contribution in [0.25, 0.3) is 11.3 Å². The number of amides is 1. The molecule has 1 saturated heterocycles. The number of quaternary nitrogens is 1. The predicted molar refractivity (Wildman–Crippen MR) is 143 cm³/mol. The van der Waals surface area contributed by atoms with Crippen molar-refractivity contribution in [2.24, 2.45) is 0 Å². The Morgan fingerprint density at radius 3 is 2.61 bits per heavy atom. The molecule has 0 spiro atoms. The van der Waals surface area contributed by atoms with Gasteiger partial charge in [-0.05, 0) is 50.9 Å². The van der Waals surface area contributed by atoms with Crippen molar-refractivity contribution in [1.82, 2.24) is 9.88 Å². The normalized spacial score (nSPS) is 20.8. The molecule has 1 amide bonds. The zero-order valence-electron chi connectivity index (χ0n) is 21.6. The molecule has 3 aromatic rings. The van der Waals surface area contributed by atoms with Gasteiger partial charge < -0.3 is 15.5 Å². The fourth-order valence-electron chi connectivity index (χ4n) is 5.34. The topological polar surface area (TPSA) is 78.3 Å². The van der Waals surface area contributed by atoms with Gasteiger partial charge in [-0.2, -0.15) is 8.78 Å². The van der Waals surface area contributed by atoms with Crippen molar-refractivity contribution in [3.63, 3.8) is 0 Å². The van der Waals surface area contributed by atoms with Gasteiger partial charge in [-0.15, -0.1) is 0 Å². The number of alkyl halides is 2. The molecule has 0 bridgehead atoms. The Morgan fingerprint density at radius 2 is 1.95 bits per heavy atom. The van der Waals surface area contributed by atoms with Crippen LogP contribution in [-0.2, 0) is 5.92 Å². The lowest BCUT2D eigenvalue weighted by Crippen LogP contribution is -2.71. The SMILES string of the molecule is C=C[N+]1(C2CN(C)C2)CC(F)(F)c2cc(-c3cc(Oc4ccc(C(C)=N)c(NC)c4)ccn3)ccc2C1=O. The molecule has 0 saturated carbocycles. The minimum absolute atomic E-state index is 0.0213. The predicted octanol–water partition coefficient (Wildman–Crippen LogP) is 5.49. The summed E-state index contributed by atoms with van der Waals surface area (Å²) in [6.45, 7) is 5.97. The molecule has 0 radical (unpaired) electrons. The van der Waals surface area contributed by atoms with Gasteiger partial charge >= 0.3 is 11.8 Å². The largest absolute Gasteiger partial charge is 0.457 e. The number of fused-ring (bicyclic) bond motifs is 1. The van der Waals surface area contributed by atoms with Gasteiger partial charge in [-0.25, -0.2) is 9.28 Å². The molecule has 2 N–H and O–H groups in total. The van der Waals surface area contributed by atoms with E-state index in [0.717, 1.165) is 11.3 Å². The van der Waals surface area contributed by atoms with Crippen LogP contribution in [0.1, 0.15) is 28.4 Å². The highest BCUT2D eigenvalue weighted by molar-refractivity contribution is 6.01. The van der Waals surface area contributed by atoms with Crippen molar-refractivity contribution < 1.29 is 22.8 Å². The summed E-state index contributed by atoms with van der Waals surface area (Å²) in [5, 5.41) is 11.0. The number of anilines is 1. The molecule has 2 aromatic carbocycles. The summed E-state index contributed by atoms with van der Waals surface area (Å²) >= 11 is 0. The molecule has 2 aliphatic rings. The van der Waals surface area contributed by atoms with E-state index in [2.05, 4.69) is 16.9 Å². The summed E-state index contributed by atoms with van der Waals surface area (Å²) < 4.78 is 36.8. The van der Waals surface area contributed by atoms with E-state index in [-0.39, 0.29) is 23.1 Å². The molecular weight excluding hydrogens is 488 g/mol. The van der Waals surface area contributed by atoms with Crippen LogP contribution in [0.3, 0.4) is 0 Å². The summed E-state index contributed by atoms with van der Waals surface area (Å²) in [6, 6.07) is 13.0. The number of halogens is 2. The number of likely N-dealkylation sites (N-methyl/N-ethyl adjacent to an activating group) is 1. The number of likely N-dealkylation sites (tertiary alicyclic amines) is 1. The number of hydrogen-bond acceptors (Lipinski definition) is 6. The second-order valence-corrected chi connectivity index (χ2v) is 9.98. The van der Waals surface area contributed by atoms with Gasteiger partial charge in [-0.1, -0.05) is 6.07 Å².